The Labute approximate surface area is 99.9 Å². The van der Waals surface area contributed by atoms with E-state index >= 15 is 0 Å². The summed E-state index contributed by atoms with van der Waals surface area (Å²) in [4.78, 5) is 22.6. The molecule has 1 rings (SSSR count). The molecule has 0 radical (unpaired) electrons. The zero-order valence-electron chi connectivity index (χ0n) is 9.57. The third kappa shape index (κ3) is 5.01. The van der Waals surface area contributed by atoms with Crippen molar-refractivity contribution in [3.05, 3.63) is 36.8 Å². The van der Waals surface area contributed by atoms with Crippen LogP contribution in [0.3, 0.4) is 0 Å². The molecule has 0 aliphatic rings. The predicted molar refractivity (Wildman–Crippen MR) is 63.5 cm³/mol. The van der Waals surface area contributed by atoms with Crippen molar-refractivity contribution in [2.75, 3.05) is 13.1 Å². The minimum Gasteiger partial charge on any atom is -0.459 e. The monoisotopic (exact) mass is 236 g/mol. The van der Waals surface area contributed by atoms with Gasteiger partial charge >= 0.3 is 0 Å². The SMILES string of the molecule is C=CCNC(=O)CCCNC(=O)c1ccco1. The lowest BCUT2D eigenvalue weighted by molar-refractivity contribution is -0.120. The lowest BCUT2D eigenvalue weighted by atomic mass is 10.3. The maximum atomic E-state index is 11.4. The van der Waals surface area contributed by atoms with Crippen LogP contribution in [0.5, 0.6) is 0 Å². The molecule has 0 saturated heterocycles. The second-order valence-corrected chi connectivity index (χ2v) is 3.43. The Kier molecular flexibility index (Phi) is 5.57. The van der Waals surface area contributed by atoms with Gasteiger partial charge in [0.1, 0.15) is 0 Å². The molecule has 1 heterocycles. The van der Waals surface area contributed by atoms with E-state index in [2.05, 4.69) is 17.2 Å². The average Bonchev–Trinajstić information content (AvgIpc) is 2.85. The van der Waals surface area contributed by atoms with Gasteiger partial charge in [0.15, 0.2) is 5.76 Å². The van der Waals surface area contributed by atoms with E-state index in [-0.39, 0.29) is 17.6 Å². The first-order valence-electron chi connectivity index (χ1n) is 5.43. The molecule has 0 bridgehead atoms. The topological polar surface area (TPSA) is 71.3 Å². The highest BCUT2D eigenvalue weighted by molar-refractivity contribution is 5.91. The molecule has 1 aromatic heterocycles. The van der Waals surface area contributed by atoms with Crippen LogP contribution in [0.15, 0.2) is 35.5 Å². The summed E-state index contributed by atoms with van der Waals surface area (Å²) in [7, 11) is 0. The Morgan fingerprint density at radius 3 is 2.88 bits per heavy atom. The first-order valence-corrected chi connectivity index (χ1v) is 5.43. The average molecular weight is 236 g/mol. The van der Waals surface area contributed by atoms with Gasteiger partial charge in [0.2, 0.25) is 5.91 Å². The summed E-state index contributed by atoms with van der Waals surface area (Å²) in [6, 6.07) is 3.24. The lowest BCUT2D eigenvalue weighted by Crippen LogP contribution is -2.27. The van der Waals surface area contributed by atoms with Crippen molar-refractivity contribution in [1.29, 1.82) is 0 Å². The van der Waals surface area contributed by atoms with Gasteiger partial charge < -0.3 is 15.1 Å². The van der Waals surface area contributed by atoms with Crippen LogP contribution in [0.1, 0.15) is 23.4 Å². The molecule has 0 atom stereocenters. The maximum absolute atomic E-state index is 11.4. The number of furan rings is 1. The minimum atomic E-state index is -0.263. The molecule has 1 aromatic rings. The molecule has 2 N–H and O–H groups in total. The van der Waals surface area contributed by atoms with E-state index in [0.29, 0.717) is 25.9 Å². The van der Waals surface area contributed by atoms with Crippen molar-refractivity contribution in [1.82, 2.24) is 10.6 Å². The number of carbonyl (C=O) groups is 2. The summed E-state index contributed by atoms with van der Waals surface area (Å²) in [5, 5.41) is 5.32. The van der Waals surface area contributed by atoms with Crippen molar-refractivity contribution < 1.29 is 14.0 Å². The third-order valence-corrected chi connectivity index (χ3v) is 2.05. The van der Waals surface area contributed by atoms with E-state index in [9.17, 15) is 9.59 Å². The van der Waals surface area contributed by atoms with Crippen LogP contribution in [-0.4, -0.2) is 24.9 Å². The van der Waals surface area contributed by atoms with Gasteiger partial charge in [-0.05, 0) is 18.6 Å². The van der Waals surface area contributed by atoms with Gasteiger partial charge in [-0.1, -0.05) is 6.08 Å². The fourth-order valence-electron chi connectivity index (χ4n) is 1.22. The van der Waals surface area contributed by atoms with Crippen molar-refractivity contribution in [3.8, 4) is 0 Å². The summed E-state index contributed by atoms with van der Waals surface area (Å²) in [5.41, 5.74) is 0. The van der Waals surface area contributed by atoms with Gasteiger partial charge in [-0.25, -0.2) is 0 Å². The van der Waals surface area contributed by atoms with Crippen LogP contribution in [0.2, 0.25) is 0 Å². The molecular formula is C12H16N2O3. The Balaban J connectivity index is 2.10. The van der Waals surface area contributed by atoms with Crippen molar-refractivity contribution in [2.45, 2.75) is 12.8 Å². The summed E-state index contributed by atoms with van der Waals surface area (Å²) in [6.45, 7) is 4.41. The number of amides is 2. The van der Waals surface area contributed by atoms with E-state index in [1.165, 1.54) is 6.26 Å². The molecule has 92 valence electrons. The summed E-state index contributed by atoms with van der Waals surface area (Å²) < 4.78 is 4.92. The number of hydrogen-bond donors (Lipinski definition) is 2. The first kappa shape index (κ1) is 13.0. The van der Waals surface area contributed by atoms with Crippen molar-refractivity contribution in [3.63, 3.8) is 0 Å². The van der Waals surface area contributed by atoms with Crippen LogP contribution in [0.25, 0.3) is 0 Å². The minimum absolute atomic E-state index is 0.0443. The maximum Gasteiger partial charge on any atom is 0.286 e. The van der Waals surface area contributed by atoms with Crippen molar-refractivity contribution >= 4 is 11.8 Å². The standard InChI is InChI=1S/C12H16N2O3/c1-2-7-13-11(15)6-3-8-14-12(16)10-5-4-9-17-10/h2,4-5,9H,1,3,6-8H2,(H,13,15)(H,14,16). The third-order valence-electron chi connectivity index (χ3n) is 2.05. The highest BCUT2D eigenvalue weighted by Gasteiger charge is 2.07. The zero-order chi connectivity index (χ0) is 12.5. The Bertz CT molecular complexity index is 371. The predicted octanol–water partition coefficient (Wildman–Crippen LogP) is 1.09. The first-order chi connectivity index (χ1) is 8.24. The normalized spacial score (nSPS) is 9.65. The lowest BCUT2D eigenvalue weighted by Gasteiger charge is -2.03. The summed E-state index contributed by atoms with van der Waals surface area (Å²) >= 11 is 0. The van der Waals surface area contributed by atoms with Gasteiger partial charge in [-0.3, -0.25) is 9.59 Å². The van der Waals surface area contributed by atoms with Gasteiger partial charge in [-0.15, -0.1) is 6.58 Å². The molecule has 0 spiro atoms. The molecule has 5 heteroatoms. The van der Waals surface area contributed by atoms with Crippen LogP contribution in [0, 0.1) is 0 Å². The van der Waals surface area contributed by atoms with E-state index < -0.39 is 0 Å². The molecule has 0 aliphatic heterocycles. The number of nitrogens with one attached hydrogen (secondary N) is 2. The highest BCUT2D eigenvalue weighted by Crippen LogP contribution is 1.99. The number of carbonyl (C=O) groups excluding carboxylic acids is 2. The largest absolute Gasteiger partial charge is 0.459 e. The van der Waals surface area contributed by atoms with E-state index in [0.717, 1.165) is 0 Å². The number of rotatable bonds is 7. The van der Waals surface area contributed by atoms with E-state index in [4.69, 9.17) is 4.42 Å². The molecule has 17 heavy (non-hydrogen) atoms. The summed E-state index contributed by atoms with van der Waals surface area (Å²) in [5.74, 6) is -0.0280. The second-order valence-electron chi connectivity index (χ2n) is 3.43. The fraction of sp³-hybridized carbons (Fsp3) is 0.333. The molecule has 0 aliphatic carbocycles. The fourth-order valence-corrected chi connectivity index (χ4v) is 1.22. The van der Waals surface area contributed by atoms with Crippen LogP contribution in [0.4, 0.5) is 0 Å². The molecule has 2 amide bonds. The van der Waals surface area contributed by atoms with Crippen molar-refractivity contribution in [2.24, 2.45) is 0 Å². The van der Waals surface area contributed by atoms with Crippen LogP contribution < -0.4 is 10.6 Å². The van der Waals surface area contributed by atoms with Gasteiger partial charge in [0.25, 0.3) is 5.91 Å². The quantitative estimate of drug-likeness (QED) is 0.550. The van der Waals surface area contributed by atoms with E-state index in [1.807, 2.05) is 0 Å². The zero-order valence-corrected chi connectivity index (χ0v) is 9.57. The Hall–Kier alpha value is -2.04. The van der Waals surface area contributed by atoms with Gasteiger partial charge in [0.05, 0.1) is 6.26 Å². The highest BCUT2D eigenvalue weighted by atomic mass is 16.3. The molecule has 0 unspecified atom stereocenters. The smallest absolute Gasteiger partial charge is 0.286 e. The molecule has 5 nitrogen and oxygen atoms in total. The number of hydrogen-bond acceptors (Lipinski definition) is 3. The summed E-state index contributed by atoms with van der Waals surface area (Å²) in [6.07, 6.45) is 4.04. The molecular weight excluding hydrogens is 220 g/mol. The van der Waals surface area contributed by atoms with Crippen LogP contribution >= 0.6 is 0 Å². The Morgan fingerprint density at radius 1 is 1.41 bits per heavy atom. The molecule has 0 aromatic carbocycles. The molecule has 0 fully saturated rings. The van der Waals surface area contributed by atoms with Gasteiger partial charge in [0, 0.05) is 19.5 Å². The van der Waals surface area contributed by atoms with Crippen LogP contribution in [-0.2, 0) is 4.79 Å². The van der Waals surface area contributed by atoms with E-state index in [1.54, 1.807) is 18.2 Å². The second kappa shape index (κ2) is 7.27. The molecule has 0 saturated carbocycles. The van der Waals surface area contributed by atoms with Gasteiger partial charge in [-0.2, -0.15) is 0 Å². The Morgan fingerprint density at radius 2 is 2.24 bits per heavy atom.